The van der Waals surface area contributed by atoms with Crippen LogP contribution >= 0.6 is 19.4 Å². The highest BCUT2D eigenvalue weighted by atomic mass is 32.2. The second-order valence-corrected chi connectivity index (χ2v) is 8.08. The summed E-state index contributed by atoms with van der Waals surface area (Å²) in [6.45, 7) is 5.93. The normalized spacial score (nSPS) is 22.6. The second-order valence-electron chi connectivity index (χ2n) is 4.50. The van der Waals surface area contributed by atoms with Gasteiger partial charge < -0.3 is 9.05 Å². The molecule has 1 aromatic carbocycles. The summed E-state index contributed by atoms with van der Waals surface area (Å²) in [6.07, 6.45) is 0. The van der Waals surface area contributed by atoms with E-state index in [4.69, 9.17) is 9.05 Å². The van der Waals surface area contributed by atoms with Crippen LogP contribution in [0.1, 0.15) is 31.1 Å². The van der Waals surface area contributed by atoms with Gasteiger partial charge in [-0.15, -0.1) is 11.8 Å². The summed E-state index contributed by atoms with van der Waals surface area (Å²) in [6, 6.07) is 7.40. The summed E-state index contributed by atoms with van der Waals surface area (Å²) in [5.74, 6) is -0.142. The minimum absolute atomic E-state index is 0.138. The number of rotatable bonds is 5. The molecule has 0 aromatic heterocycles. The van der Waals surface area contributed by atoms with E-state index in [0.29, 0.717) is 5.56 Å². The van der Waals surface area contributed by atoms with Crippen LogP contribution in [0.3, 0.4) is 0 Å². The minimum atomic E-state index is -3.43. The highest BCUT2D eigenvalue weighted by Gasteiger charge is 2.48. The Morgan fingerprint density at radius 2 is 1.80 bits per heavy atom. The molecule has 2 rings (SSSR count). The molecule has 1 aliphatic rings. The first kappa shape index (κ1) is 15.8. The molecule has 1 aromatic rings. The molecule has 2 unspecified atom stereocenters. The molecule has 1 aliphatic heterocycles. The van der Waals surface area contributed by atoms with Crippen LogP contribution in [0.2, 0.25) is 0 Å². The molecule has 0 bridgehead atoms. The van der Waals surface area contributed by atoms with E-state index in [1.54, 1.807) is 31.7 Å². The molecule has 4 nitrogen and oxygen atoms in total. The fraction of sp³-hybridized carbons (Fsp3) is 0.500. The van der Waals surface area contributed by atoms with Gasteiger partial charge in [0.1, 0.15) is 5.66 Å². The van der Waals surface area contributed by atoms with Crippen molar-refractivity contribution in [2.75, 3.05) is 13.2 Å². The fourth-order valence-corrected chi connectivity index (χ4v) is 6.16. The number of carbonyl (C=O) groups excluding carboxylic acids is 1. The van der Waals surface area contributed by atoms with E-state index in [2.05, 4.69) is 0 Å². The predicted octanol–water partition coefficient (Wildman–Crippen LogP) is 4.00. The third-order valence-electron chi connectivity index (χ3n) is 3.14. The average molecular weight is 314 g/mol. The van der Waals surface area contributed by atoms with Crippen molar-refractivity contribution in [1.82, 2.24) is 0 Å². The number of thioether (sulfide) groups is 1. The van der Waals surface area contributed by atoms with Gasteiger partial charge in [0.05, 0.1) is 13.2 Å². The van der Waals surface area contributed by atoms with Gasteiger partial charge in [0.2, 0.25) is 0 Å². The molecule has 0 radical (unpaired) electrons. The van der Waals surface area contributed by atoms with Crippen molar-refractivity contribution in [2.24, 2.45) is 0 Å². The lowest BCUT2D eigenvalue weighted by Crippen LogP contribution is -2.35. The standard InChI is InChI=1S/C14H19O4PS/c1-4-17-19(16,18-5-2)14-10(3)20-12-9-7-6-8-11(12)13(14)15/h6-10,14H,4-5H2,1-3H3. The molecule has 0 amide bonds. The third-order valence-corrected chi connectivity index (χ3v) is 7.19. The SMILES string of the molecule is CCOP(=O)(OCC)C1C(=O)c2ccccc2SC1C. The molecule has 0 fully saturated rings. The topological polar surface area (TPSA) is 52.6 Å². The predicted molar refractivity (Wildman–Crippen MR) is 80.7 cm³/mol. The Kier molecular flexibility index (Phi) is 5.08. The molecule has 0 N–H and O–H groups in total. The smallest absolute Gasteiger partial charge is 0.308 e. The number of hydrogen-bond donors (Lipinski definition) is 0. The van der Waals surface area contributed by atoms with E-state index >= 15 is 0 Å². The second kappa shape index (κ2) is 6.44. The molecule has 0 saturated carbocycles. The van der Waals surface area contributed by atoms with Crippen molar-refractivity contribution in [3.8, 4) is 0 Å². The maximum atomic E-state index is 12.9. The summed E-state index contributed by atoms with van der Waals surface area (Å²) in [7, 11) is -3.43. The van der Waals surface area contributed by atoms with Crippen LogP contribution in [0.4, 0.5) is 0 Å². The Morgan fingerprint density at radius 1 is 1.20 bits per heavy atom. The summed E-state index contributed by atoms with van der Waals surface area (Å²) < 4.78 is 23.6. The van der Waals surface area contributed by atoms with Crippen molar-refractivity contribution >= 4 is 25.1 Å². The van der Waals surface area contributed by atoms with Gasteiger partial charge in [0, 0.05) is 15.7 Å². The van der Waals surface area contributed by atoms with Crippen LogP contribution in [-0.2, 0) is 13.6 Å². The first-order valence-electron chi connectivity index (χ1n) is 6.72. The monoisotopic (exact) mass is 314 g/mol. The average Bonchev–Trinajstić information content (AvgIpc) is 2.39. The highest BCUT2D eigenvalue weighted by molar-refractivity contribution is 8.00. The van der Waals surface area contributed by atoms with Gasteiger partial charge in [-0.05, 0) is 19.9 Å². The number of Topliss-reactive ketones (excluding diaryl/α,β-unsaturated/α-hetero) is 1. The van der Waals surface area contributed by atoms with Crippen LogP contribution in [0, 0.1) is 0 Å². The molecular weight excluding hydrogens is 295 g/mol. The number of fused-ring (bicyclic) bond motifs is 1. The van der Waals surface area contributed by atoms with Crippen molar-refractivity contribution < 1.29 is 18.4 Å². The Bertz CT molecular complexity index is 536. The van der Waals surface area contributed by atoms with Gasteiger partial charge >= 0.3 is 7.60 Å². The van der Waals surface area contributed by atoms with E-state index < -0.39 is 13.3 Å². The van der Waals surface area contributed by atoms with Crippen LogP contribution in [0.15, 0.2) is 29.2 Å². The Balaban J connectivity index is 2.41. The summed E-state index contributed by atoms with van der Waals surface area (Å²) in [4.78, 5) is 13.6. The van der Waals surface area contributed by atoms with Gasteiger partial charge in [-0.1, -0.05) is 25.1 Å². The molecule has 0 aliphatic carbocycles. The van der Waals surface area contributed by atoms with Crippen molar-refractivity contribution in [2.45, 2.75) is 36.6 Å². The summed E-state index contributed by atoms with van der Waals surface area (Å²) in [5.41, 5.74) is -0.123. The fourth-order valence-electron chi connectivity index (χ4n) is 2.37. The van der Waals surface area contributed by atoms with Gasteiger partial charge in [0.25, 0.3) is 0 Å². The van der Waals surface area contributed by atoms with E-state index in [9.17, 15) is 9.36 Å². The van der Waals surface area contributed by atoms with E-state index in [1.807, 2.05) is 25.1 Å². The van der Waals surface area contributed by atoms with E-state index in [1.165, 1.54) is 0 Å². The van der Waals surface area contributed by atoms with E-state index in [-0.39, 0.29) is 24.2 Å². The molecule has 20 heavy (non-hydrogen) atoms. The Labute approximate surface area is 123 Å². The van der Waals surface area contributed by atoms with Gasteiger partial charge in [0.15, 0.2) is 5.78 Å². The van der Waals surface area contributed by atoms with Crippen LogP contribution in [0.5, 0.6) is 0 Å². The van der Waals surface area contributed by atoms with Crippen LogP contribution in [0.25, 0.3) is 0 Å². The molecule has 0 saturated heterocycles. The molecule has 110 valence electrons. The van der Waals surface area contributed by atoms with Crippen molar-refractivity contribution in [3.63, 3.8) is 0 Å². The first-order chi connectivity index (χ1) is 9.53. The number of benzene rings is 1. The molecule has 6 heteroatoms. The zero-order chi connectivity index (χ0) is 14.8. The summed E-state index contributed by atoms with van der Waals surface area (Å²) >= 11 is 1.55. The molecule has 2 atom stereocenters. The van der Waals surface area contributed by atoms with E-state index in [0.717, 1.165) is 4.90 Å². The number of ketones is 1. The Hall–Kier alpha value is -0.610. The zero-order valence-corrected chi connectivity index (χ0v) is 13.6. The largest absolute Gasteiger partial charge is 0.342 e. The quantitative estimate of drug-likeness (QED) is 0.769. The molecular formula is C14H19O4PS. The van der Waals surface area contributed by atoms with Gasteiger partial charge in [-0.2, -0.15) is 0 Å². The molecule has 0 spiro atoms. The first-order valence-corrected chi connectivity index (χ1v) is 9.21. The van der Waals surface area contributed by atoms with Crippen molar-refractivity contribution in [3.05, 3.63) is 29.8 Å². The molecule has 1 heterocycles. The van der Waals surface area contributed by atoms with Crippen LogP contribution in [-0.4, -0.2) is 29.9 Å². The van der Waals surface area contributed by atoms with Gasteiger partial charge in [-0.3, -0.25) is 9.36 Å². The van der Waals surface area contributed by atoms with Crippen LogP contribution < -0.4 is 0 Å². The minimum Gasteiger partial charge on any atom is -0.308 e. The van der Waals surface area contributed by atoms with Crippen molar-refractivity contribution in [1.29, 1.82) is 0 Å². The highest BCUT2D eigenvalue weighted by Crippen LogP contribution is 2.59. The Morgan fingerprint density at radius 3 is 2.40 bits per heavy atom. The summed E-state index contributed by atoms with van der Waals surface area (Å²) in [5, 5.41) is -0.138. The van der Waals surface area contributed by atoms with Gasteiger partial charge in [-0.25, -0.2) is 0 Å². The number of carbonyl (C=O) groups is 1. The maximum absolute atomic E-state index is 12.9. The maximum Gasteiger partial charge on any atom is 0.342 e. The third kappa shape index (κ3) is 2.86. The lowest BCUT2D eigenvalue weighted by molar-refractivity contribution is 0.0962. The lowest BCUT2D eigenvalue weighted by atomic mass is 10.1. The lowest BCUT2D eigenvalue weighted by Gasteiger charge is -2.33. The number of hydrogen-bond acceptors (Lipinski definition) is 5. The zero-order valence-electron chi connectivity index (χ0n) is 11.9.